The number of likely N-dealkylation sites (tertiary alicyclic amines) is 1. The average molecular weight is 666 g/mol. The molecule has 2 aromatic heterocycles. The third-order valence-electron chi connectivity index (χ3n) is 11.1. The van der Waals surface area contributed by atoms with Crippen molar-refractivity contribution in [3.63, 3.8) is 0 Å². The van der Waals surface area contributed by atoms with Crippen LogP contribution in [0.2, 0.25) is 5.02 Å². The van der Waals surface area contributed by atoms with E-state index in [1.165, 1.54) is 0 Å². The summed E-state index contributed by atoms with van der Waals surface area (Å²) in [6.45, 7) is 16.3. The molecule has 6 heterocycles. The van der Waals surface area contributed by atoms with E-state index in [2.05, 4.69) is 39.5 Å². The monoisotopic (exact) mass is 665 g/mol. The minimum Gasteiger partial charge on any atom is -0.444 e. The van der Waals surface area contributed by atoms with E-state index in [1.54, 1.807) is 0 Å². The Morgan fingerprint density at radius 2 is 1.94 bits per heavy atom. The maximum absolute atomic E-state index is 12.7. The lowest BCUT2D eigenvalue weighted by Crippen LogP contribution is -2.64. The lowest BCUT2D eigenvalue weighted by Gasteiger charge is -2.58. The first-order chi connectivity index (χ1) is 22.5. The fourth-order valence-corrected chi connectivity index (χ4v) is 8.99. The smallest absolute Gasteiger partial charge is 0.410 e. The number of ether oxygens (including phenoxy) is 3. The first-order valence-electron chi connectivity index (χ1n) is 17.4. The second-order valence-corrected chi connectivity index (χ2v) is 16.1. The van der Waals surface area contributed by atoms with Crippen LogP contribution >= 0.6 is 11.6 Å². The minimum absolute atomic E-state index is 0.0704. The number of piperazine rings is 1. The van der Waals surface area contributed by atoms with Crippen LogP contribution in [0.1, 0.15) is 82.8 Å². The number of nitrogens with one attached hydrogen (secondary N) is 1. The summed E-state index contributed by atoms with van der Waals surface area (Å²) in [5.41, 5.74) is 4.76. The van der Waals surface area contributed by atoms with Gasteiger partial charge in [0.05, 0.1) is 34.9 Å². The Hall–Kier alpha value is -2.86. The van der Waals surface area contributed by atoms with Gasteiger partial charge in [-0.2, -0.15) is 10.2 Å². The highest BCUT2D eigenvalue weighted by molar-refractivity contribution is 6.36. The van der Waals surface area contributed by atoms with Crippen LogP contribution in [-0.2, 0) is 14.2 Å². The number of rotatable bonds is 4. The molecule has 5 fully saturated rings. The predicted octanol–water partition coefficient (Wildman–Crippen LogP) is 6.01. The molecule has 254 valence electrons. The molecule has 1 saturated carbocycles. The number of nitrogens with zero attached hydrogens (tertiary/aromatic N) is 6. The molecule has 1 aliphatic carbocycles. The number of carbonyl (C=O) groups is 1. The average Bonchev–Trinajstić information content (AvgIpc) is 3.71. The van der Waals surface area contributed by atoms with E-state index in [9.17, 15) is 4.79 Å². The number of aromatic nitrogens is 4. The van der Waals surface area contributed by atoms with E-state index in [0.29, 0.717) is 6.61 Å². The Morgan fingerprint density at radius 3 is 2.64 bits per heavy atom. The van der Waals surface area contributed by atoms with Gasteiger partial charge >= 0.3 is 6.09 Å². The van der Waals surface area contributed by atoms with Crippen molar-refractivity contribution in [2.75, 3.05) is 57.4 Å². The van der Waals surface area contributed by atoms with E-state index in [-0.39, 0.29) is 29.3 Å². The number of halogens is 1. The topological polar surface area (TPSA) is 98.9 Å². The van der Waals surface area contributed by atoms with Gasteiger partial charge in [-0.25, -0.2) is 9.48 Å². The first kappa shape index (κ1) is 31.4. The van der Waals surface area contributed by atoms with Crippen molar-refractivity contribution >= 4 is 34.4 Å². The van der Waals surface area contributed by atoms with Crippen molar-refractivity contribution in [2.24, 2.45) is 5.41 Å². The molecule has 4 aliphatic heterocycles. The Morgan fingerprint density at radius 1 is 1.13 bits per heavy atom. The van der Waals surface area contributed by atoms with Crippen LogP contribution in [0.5, 0.6) is 0 Å². The van der Waals surface area contributed by atoms with Gasteiger partial charge in [0.2, 0.25) is 0 Å². The van der Waals surface area contributed by atoms with Crippen LogP contribution in [0.25, 0.3) is 22.0 Å². The van der Waals surface area contributed by atoms with Crippen LogP contribution in [0, 0.1) is 19.3 Å². The van der Waals surface area contributed by atoms with E-state index >= 15 is 0 Å². The number of benzene rings is 1. The lowest BCUT2D eigenvalue weighted by molar-refractivity contribution is -0.0930. The van der Waals surface area contributed by atoms with Crippen molar-refractivity contribution in [1.82, 2.24) is 29.8 Å². The highest BCUT2D eigenvalue weighted by atomic mass is 35.5. The second-order valence-electron chi connectivity index (χ2n) is 15.7. The lowest BCUT2D eigenvalue weighted by atomic mass is 9.61. The molecule has 8 rings (SSSR count). The molecule has 47 heavy (non-hydrogen) atoms. The summed E-state index contributed by atoms with van der Waals surface area (Å²) in [6.07, 6.45) is 7.77. The van der Waals surface area contributed by atoms with E-state index in [1.807, 2.05) is 31.9 Å². The van der Waals surface area contributed by atoms with Crippen molar-refractivity contribution in [1.29, 1.82) is 0 Å². The highest BCUT2D eigenvalue weighted by Gasteiger charge is 2.56. The van der Waals surface area contributed by atoms with Crippen LogP contribution < -0.4 is 10.2 Å². The molecule has 1 aromatic carbocycles. The second kappa shape index (κ2) is 11.4. The van der Waals surface area contributed by atoms with Crippen molar-refractivity contribution < 1.29 is 19.0 Å². The molecular weight excluding hydrogens is 618 g/mol. The zero-order valence-electron chi connectivity index (χ0n) is 28.4. The number of fused-ring (bicyclic) bond motifs is 1. The molecular formula is C35H48ClN7O4. The van der Waals surface area contributed by atoms with Gasteiger partial charge in [-0.15, -0.1) is 0 Å². The summed E-state index contributed by atoms with van der Waals surface area (Å²) in [5, 5.41) is 15.8. The fraction of sp³-hybridized carbons (Fsp3) is 0.686. The Labute approximate surface area is 281 Å². The number of hydrogen-bond donors (Lipinski definition) is 1. The van der Waals surface area contributed by atoms with Gasteiger partial charge in [-0.1, -0.05) is 11.6 Å². The van der Waals surface area contributed by atoms with E-state index in [4.69, 9.17) is 36.0 Å². The van der Waals surface area contributed by atoms with Crippen molar-refractivity contribution in [2.45, 2.75) is 96.6 Å². The fourth-order valence-electron chi connectivity index (χ4n) is 8.74. The number of hydrogen-bond acceptors (Lipinski definition) is 8. The van der Waals surface area contributed by atoms with Gasteiger partial charge in [0.25, 0.3) is 0 Å². The van der Waals surface area contributed by atoms with Crippen LogP contribution in [0.4, 0.5) is 10.6 Å². The Bertz CT molecular complexity index is 1680. The van der Waals surface area contributed by atoms with Crippen LogP contribution in [0.15, 0.2) is 12.3 Å². The maximum Gasteiger partial charge on any atom is 0.410 e. The van der Waals surface area contributed by atoms with Gasteiger partial charge in [0, 0.05) is 73.6 Å². The normalized spacial score (nSPS) is 26.3. The highest BCUT2D eigenvalue weighted by Crippen LogP contribution is 2.56. The van der Waals surface area contributed by atoms with Crippen LogP contribution in [0.3, 0.4) is 0 Å². The zero-order chi connectivity index (χ0) is 32.7. The maximum atomic E-state index is 12.7. The molecule has 2 atom stereocenters. The number of anilines is 1. The van der Waals surface area contributed by atoms with E-state index in [0.717, 1.165) is 129 Å². The molecule has 0 bridgehead atoms. The number of amides is 1. The van der Waals surface area contributed by atoms with Crippen LogP contribution in [-0.4, -0.2) is 94.2 Å². The number of aryl methyl sites for hydroxylation is 1. The first-order valence-corrected chi connectivity index (χ1v) is 17.8. The molecule has 5 aliphatic rings. The quantitative estimate of drug-likeness (QED) is 0.362. The summed E-state index contributed by atoms with van der Waals surface area (Å²) >= 11 is 7.33. The van der Waals surface area contributed by atoms with E-state index < -0.39 is 5.60 Å². The molecule has 3 aromatic rings. The number of carbonyl (C=O) groups excluding carboxylic acids is 1. The Kier molecular flexibility index (Phi) is 7.59. The third kappa shape index (κ3) is 5.23. The van der Waals surface area contributed by atoms with Gasteiger partial charge in [-0.05, 0) is 84.8 Å². The standard InChI is InChI=1S/C35H48ClN7O4/c1-22-14-26-25(17-38-43(26)27-8-6-7-12-46-27)29(30(22)36)28-23(2)42(39-31(28)41-11-10-37-18-35(41)9-13-45-21-35)24-15-34(16-24)19-40(20-34)32(44)47-33(3,4)5/h14,17,24,27,37H,6-13,15-16,18-21H2,1-5H3. The van der Waals surface area contributed by atoms with Crippen molar-refractivity contribution in [3.05, 3.63) is 28.5 Å². The zero-order valence-corrected chi connectivity index (χ0v) is 29.2. The predicted molar refractivity (Wildman–Crippen MR) is 181 cm³/mol. The summed E-state index contributed by atoms with van der Waals surface area (Å²) in [7, 11) is 0. The SMILES string of the molecule is Cc1cc2c(cnn2C2CCCCO2)c(-c2c(N3CCNCC34CCOC4)nn(C3CC4(C3)CN(C(=O)OC(C)(C)C)C4)c2C)c1Cl. The van der Waals surface area contributed by atoms with Gasteiger partial charge in [-0.3, -0.25) is 4.68 Å². The molecule has 11 nitrogen and oxygen atoms in total. The van der Waals surface area contributed by atoms with Crippen molar-refractivity contribution in [3.8, 4) is 11.1 Å². The summed E-state index contributed by atoms with van der Waals surface area (Å²) in [5.74, 6) is 0.981. The summed E-state index contributed by atoms with van der Waals surface area (Å²) in [4.78, 5) is 17.0. The molecule has 1 amide bonds. The molecule has 0 radical (unpaired) electrons. The van der Waals surface area contributed by atoms with Gasteiger partial charge in [0.1, 0.15) is 5.60 Å². The molecule has 4 saturated heterocycles. The van der Waals surface area contributed by atoms with Gasteiger partial charge in [0.15, 0.2) is 12.0 Å². The van der Waals surface area contributed by atoms with Gasteiger partial charge < -0.3 is 29.3 Å². The summed E-state index contributed by atoms with van der Waals surface area (Å²) in [6, 6.07) is 2.41. The molecule has 2 spiro atoms. The summed E-state index contributed by atoms with van der Waals surface area (Å²) < 4.78 is 22.2. The molecule has 12 heteroatoms. The third-order valence-corrected chi connectivity index (χ3v) is 11.6. The Balaban J connectivity index is 1.19. The molecule has 1 N–H and O–H groups in total. The minimum atomic E-state index is -0.491. The largest absolute Gasteiger partial charge is 0.444 e. The molecule has 2 unspecified atom stereocenters.